The van der Waals surface area contributed by atoms with Crippen LogP contribution in [0.5, 0.6) is 0 Å². The van der Waals surface area contributed by atoms with Gasteiger partial charge in [0.2, 0.25) is 5.91 Å². The maximum Gasteiger partial charge on any atom is 0.239 e. The molecule has 1 N–H and O–H groups in total. The SMILES string of the molecule is CNC(C)C1CCCN(C2CCN(C)C2=O)C1. The fourth-order valence-electron chi connectivity index (χ4n) is 3.11. The van der Waals surface area contributed by atoms with E-state index in [1.165, 1.54) is 12.8 Å². The standard InChI is InChI=1S/C13H25N3O/c1-10(14-2)11-5-4-7-16(9-11)12-6-8-15(3)13(12)17/h10-12,14H,4-9H2,1-3H3. The van der Waals surface area contributed by atoms with Crippen LogP contribution in [0, 0.1) is 5.92 Å². The minimum Gasteiger partial charge on any atom is -0.344 e. The Morgan fingerprint density at radius 3 is 2.71 bits per heavy atom. The van der Waals surface area contributed by atoms with Gasteiger partial charge in [0.1, 0.15) is 0 Å². The van der Waals surface area contributed by atoms with Crippen LogP contribution in [-0.2, 0) is 4.79 Å². The van der Waals surface area contributed by atoms with Crippen LogP contribution in [0.3, 0.4) is 0 Å². The molecule has 0 radical (unpaired) electrons. The van der Waals surface area contributed by atoms with Gasteiger partial charge in [-0.1, -0.05) is 0 Å². The smallest absolute Gasteiger partial charge is 0.239 e. The van der Waals surface area contributed by atoms with Crippen LogP contribution < -0.4 is 5.32 Å². The third-order valence-electron chi connectivity index (χ3n) is 4.49. The molecule has 0 saturated carbocycles. The molecule has 3 unspecified atom stereocenters. The van der Waals surface area contributed by atoms with Gasteiger partial charge in [0.25, 0.3) is 0 Å². The van der Waals surface area contributed by atoms with Crippen LogP contribution in [0.4, 0.5) is 0 Å². The highest BCUT2D eigenvalue weighted by molar-refractivity contribution is 5.83. The van der Waals surface area contributed by atoms with Gasteiger partial charge in [-0.15, -0.1) is 0 Å². The van der Waals surface area contributed by atoms with Gasteiger partial charge in [-0.3, -0.25) is 9.69 Å². The lowest BCUT2D eigenvalue weighted by Gasteiger charge is -2.38. The van der Waals surface area contributed by atoms with Crippen molar-refractivity contribution in [3.63, 3.8) is 0 Å². The molecule has 2 heterocycles. The lowest BCUT2D eigenvalue weighted by atomic mass is 9.90. The first kappa shape index (κ1) is 12.8. The Morgan fingerprint density at radius 1 is 1.35 bits per heavy atom. The first-order valence-electron chi connectivity index (χ1n) is 6.79. The van der Waals surface area contributed by atoms with Crippen molar-refractivity contribution in [3.8, 4) is 0 Å². The fourth-order valence-corrected chi connectivity index (χ4v) is 3.11. The summed E-state index contributed by atoms with van der Waals surface area (Å²) in [5, 5.41) is 3.34. The number of likely N-dealkylation sites (tertiary alicyclic amines) is 2. The van der Waals surface area contributed by atoms with Crippen LogP contribution in [0.15, 0.2) is 0 Å². The van der Waals surface area contributed by atoms with E-state index in [1.807, 2.05) is 19.0 Å². The maximum atomic E-state index is 12.0. The van der Waals surface area contributed by atoms with Gasteiger partial charge in [0, 0.05) is 26.2 Å². The Morgan fingerprint density at radius 2 is 2.12 bits per heavy atom. The average molecular weight is 239 g/mol. The molecule has 2 fully saturated rings. The molecule has 4 nitrogen and oxygen atoms in total. The van der Waals surface area contributed by atoms with E-state index in [1.54, 1.807) is 0 Å². The van der Waals surface area contributed by atoms with E-state index in [4.69, 9.17) is 0 Å². The van der Waals surface area contributed by atoms with Gasteiger partial charge in [0.05, 0.1) is 6.04 Å². The van der Waals surface area contributed by atoms with E-state index in [9.17, 15) is 4.79 Å². The zero-order valence-corrected chi connectivity index (χ0v) is 11.3. The summed E-state index contributed by atoms with van der Waals surface area (Å²) in [6.07, 6.45) is 3.52. The summed E-state index contributed by atoms with van der Waals surface area (Å²) in [4.78, 5) is 16.3. The third kappa shape index (κ3) is 2.63. The Kier molecular flexibility index (Phi) is 4.05. The summed E-state index contributed by atoms with van der Waals surface area (Å²) in [6.45, 7) is 5.34. The number of rotatable bonds is 3. The van der Waals surface area contributed by atoms with Gasteiger partial charge in [-0.2, -0.15) is 0 Å². The Balaban J connectivity index is 1.95. The Hall–Kier alpha value is -0.610. The lowest BCUT2D eigenvalue weighted by Crippen LogP contribution is -2.49. The number of amides is 1. The van der Waals surface area contributed by atoms with E-state index < -0.39 is 0 Å². The van der Waals surface area contributed by atoms with Crippen molar-refractivity contribution in [3.05, 3.63) is 0 Å². The van der Waals surface area contributed by atoms with Crippen molar-refractivity contribution in [1.29, 1.82) is 0 Å². The van der Waals surface area contributed by atoms with E-state index in [0.29, 0.717) is 17.9 Å². The molecular formula is C13H25N3O. The van der Waals surface area contributed by atoms with Gasteiger partial charge >= 0.3 is 0 Å². The highest BCUT2D eigenvalue weighted by Gasteiger charge is 2.36. The summed E-state index contributed by atoms with van der Waals surface area (Å²) < 4.78 is 0. The molecule has 2 saturated heterocycles. The van der Waals surface area contributed by atoms with E-state index >= 15 is 0 Å². The van der Waals surface area contributed by atoms with Crippen LogP contribution in [0.1, 0.15) is 26.2 Å². The molecule has 4 heteroatoms. The van der Waals surface area contributed by atoms with Crippen molar-refractivity contribution < 1.29 is 4.79 Å². The number of piperidine rings is 1. The number of nitrogens with zero attached hydrogens (tertiary/aromatic N) is 2. The first-order chi connectivity index (χ1) is 8.13. The summed E-state index contributed by atoms with van der Waals surface area (Å²) in [6, 6.07) is 0.707. The minimum atomic E-state index is 0.159. The molecule has 3 atom stereocenters. The lowest BCUT2D eigenvalue weighted by molar-refractivity contribution is -0.131. The minimum absolute atomic E-state index is 0.159. The summed E-state index contributed by atoms with van der Waals surface area (Å²) in [5.74, 6) is 1.01. The molecule has 17 heavy (non-hydrogen) atoms. The van der Waals surface area contributed by atoms with Crippen LogP contribution in [-0.4, -0.2) is 61.5 Å². The number of carbonyl (C=O) groups is 1. The van der Waals surface area contributed by atoms with Crippen molar-refractivity contribution in [2.45, 2.75) is 38.3 Å². The van der Waals surface area contributed by atoms with Gasteiger partial charge in [-0.05, 0) is 45.7 Å². The molecule has 0 aromatic carbocycles. The number of nitrogens with one attached hydrogen (secondary N) is 1. The van der Waals surface area contributed by atoms with Gasteiger partial charge in [-0.25, -0.2) is 0 Å². The first-order valence-corrected chi connectivity index (χ1v) is 6.79. The highest BCUT2D eigenvalue weighted by atomic mass is 16.2. The molecule has 0 bridgehead atoms. The number of likely N-dealkylation sites (N-methyl/N-ethyl adjacent to an activating group) is 1. The second kappa shape index (κ2) is 5.36. The monoisotopic (exact) mass is 239 g/mol. The van der Waals surface area contributed by atoms with Gasteiger partial charge in [0.15, 0.2) is 0 Å². The molecule has 2 aliphatic rings. The zero-order chi connectivity index (χ0) is 12.4. The third-order valence-corrected chi connectivity index (χ3v) is 4.49. The summed E-state index contributed by atoms with van der Waals surface area (Å²) >= 11 is 0. The predicted octanol–water partition coefficient (Wildman–Crippen LogP) is 0.537. The quantitative estimate of drug-likeness (QED) is 0.781. The Bertz CT molecular complexity index is 282. The molecular weight excluding hydrogens is 214 g/mol. The molecule has 1 amide bonds. The maximum absolute atomic E-state index is 12.0. The van der Waals surface area contributed by atoms with E-state index in [2.05, 4.69) is 17.1 Å². The average Bonchev–Trinajstić information content (AvgIpc) is 2.69. The number of hydrogen-bond acceptors (Lipinski definition) is 3. The van der Waals surface area contributed by atoms with Crippen LogP contribution in [0.25, 0.3) is 0 Å². The highest BCUT2D eigenvalue weighted by Crippen LogP contribution is 2.25. The largest absolute Gasteiger partial charge is 0.344 e. The Labute approximate surface area is 104 Å². The molecule has 2 aliphatic heterocycles. The molecule has 0 aromatic heterocycles. The summed E-state index contributed by atoms with van der Waals surface area (Å²) in [5.41, 5.74) is 0. The zero-order valence-electron chi connectivity index (χ0n) is 11.3. The van der Waals surface area contributed by atoms with Crippen molar-refractivity contribution in [1.82, 2.24) is 15.1 Å². The van der Waals surface area contributed by atoms with E-state index in [0.717, 1.165) is 26.1 Å². The molecule has 0 aromatic rings. The number of hydrogen-bond donors (Lipinski definition) is 1. The van der Waals surface area contributed by atoms with Crippen molar-refractivity contribution >= 4 is 5.91 Å². The van der Waals surface area contributed by atoms with Gasteiger partial charge < -0.3 is 10.2 Å². The van der Waals surface area contributed by atoms with Crippen LogP contribution in [0.2, 0.25) is 0 Å². The fraction of sp³-hybridized carbons (Fsp3) is 0.923. The second-order valence-corrected chi connectivity index (χ2v) is 5.54. The molecule has 0 spiro atoms. The topological polar surface area (TPSA) is 35.6 Å². The van der Waals surface area contributed by atoms with Crippen molar-refractivity contribution in [2.75, 3.05) is 33.7 Å². The molecule has 98 valence electrons. The van der Waals surface area contributed by atoms with Crippen LogP contribution >= 0.6 is 0 Å². The van der Waals surface area contributed by atoms with E-state index in [-0.39, 0.29) is 6.04 Å². The predicted molar refractivity (Wildman–Crippen MR) is 68.9 cm³/mol. The molecule has 0 aliphatic carbocycles. The summed E-state index contributed by atoms with van der Waals surface area (Å²) in [7, 11) is 3.94. The second-order valence-electron chi connectivity index (χ2n) is 5.54. The number of carbonyl (C=O) groups excluding carboxylic acids is 1. The van der Waals surface area contributed by atoms with Crippen molar-refractivity contribution in [2.24, 2.45) is 5.92 Å². The molecule has 2 rings (SSSR count). The normalized spacial score (nSPS) is 33.1.